The van der Waals surface area contributed by atoms with E-state index in [2.05, 4.69) is 14.7 Å². The summed E-state index contributed by atoms with van der Waals surface area (Å²) in [6.07, 6.45) is 1.13. The molecule has 1 heterocycles. The second-order valence-electron chi connectivity index (χ2n) is 2.36. The first kappa shape index (κ1) is 8.19. The average molecular weight is 199 g/mol. The van der Waals surface area contributed by atoms with Crippen molar-refractivity contribution in [2.45, 2.75) is 0 Å². The van der Waals surface area contributed by atoms with Crippen molar-refractivity contribution in [2.24, 2.45) is 0 Å². The Kier molecular flexibility index (Phi) is 1.98. The van der Waals surface area contributed by atoms with E-state index in [4.69, 9.17) is 11.6 Å². The predicted octanol–water partition coefficient (Wildman–Crippen LogP) is 2.53. The van der Waals surface area contributed by atoms with Gasteiger partial charge in [0.25, 0.3) is 0 Å². The Morgan fingerprint density at radius 2 is 2.23 bits per heavy atom. The lowest BCUT2D eigenvalue weighted by atomic mass is 10.2. The summed E-state index contributed by atoms with van der Waals surface area (Å²) in [6, 6.07) is 4.61. The van der Waals surface area contributed by atoms with Gasteiger partial charge in [-0.2, -0.15) is 4.98 Å². The van der Waals surface area contributed by atoms with E-state index in [0.29, 0.717) is 0 Å². The number of aromatic nitrogens is 2. The van der Waals surface area contributed by atoms with Crippen LogP contribution < -0.4 is 0 Å². The topological polar surface area (TPSA) is 38.9 Å². The van der Waals surface area contributed by atoms with Gasteiger partial charge in [-0.25, -0.2) is 4.39 Å². The van der Waals surface area contributed by atoms with E-state index in [-0.39, 0.29) is 16.4 Å². The molecule has 1 aromatic carbocycles. The van der Waals surface area contributed by atoms with E-state index in [1.807, 2.05) is 0 Å². The van der Waals surface area contributed by atoms with Gasteiger partial charge in [0, 0.05) is 0 Å². The Bertz CT molecular complexity index is 416. The fraction of sp³-hybridized carbons (Fsp3) is 0. The Labute approximate surface area is 78.1 Å². The summed E-state index contributed by atoms with van der Waals surface area (Å²) in [7, 11) is 0. The highest BCUT2D eigenvalue weighted by atomic mass is 35.5. The number of halogens is 2. The summed E-state index contributed by atoms with van der Waals surface area (Å²) < 4.78 is 17.8. The summed E-state index contributed by atoms with van der Waals surface area (Å²) in [5.74, 6) is -0.342. The zero-order valence-electron chi connectivity index (χ0n) is 6.37. The normalized spacial score (nSPS) is 10.3. The fourth-order valence-corrected chi connectivity index (χ4v) is 1.14. The molecule has 0 saturated heterocycles. The van der Waals surface area contributed by atoms with Gasteiger partial charge in [-0.3, -0.25) is 0 Å². The van der Waals surface area contributed by atoms with Crippen LogP contribution in [0.5, 0.6) is 0 Å². The lowest BCUT2D eigenvalue weighted by Gasteiger charge is -1.97. The highest BCUT2D eigenvalue weighted by Gasteiger charge is 2.11. The van der Waals surface area contributed by atoms with E-state index in [1.54, 1.807) is 6.07 Å². The monoisotopic (exact) mass is 198 g/mol. The predicted molar refractivity (Wildman–Crippen MR) is 44.7 cm³/mol. The van der Waals surface area contributed by atoms with Crippen LogP contribution in [0.2, 0.25) is 5.02 Å². The molecule has 0 aliphatic carbocycles. The Morgan fingerprint density at radius 1 is 1.38 bits per heavy atom. The molecular formula is C8H4ClFN2O. The number of nitrogens with zero attached hydrogens (tertiary/aromatic N) is 2. The highest BCUT2D eigenvalue weighted by molar-refractivity contribution is 6.31. The van der Waals surface area contributed by atoms with Gasteiger partial charge in [-0.1, -0.05) is 22.8 Å². The fourth-order valence-electron chi connectivity index (χ4n) is 0.966. The van der Waals surface area contributed by atoms with E-state index in [9.17, 15) is 4.39 Å². The van der Waals surface area contributed by atoms with Crippen molar-refractivity contribution in [3.63, 3.8) is 0 Å². The highest BCUT2D eigenvalue weighted by Crippen LogP contribution is 2.24. The van der Waals surface area contributed by atoms with Gasteiger partial charge >= 0.3 is 0 Å². The minimum atomic E-state index is -0.537. The van der Waals surface area contributed by atoms with Crippen molar-refractivity contribution in [1.82, 2.24) is 10.1 Å². The van der Waals surface area contributed by atoms with Crippen LogP contribution in [0.25, 0.3) is 11.4 Å². The molecule has 13 heavy (non-hydrogen) atoms. The van der Waals surface area contributed by atoms with Crippen LogP contribution >= 0.6 is 11.6 Å². The summed E-state index contributed by atoms with van der Waals surface area (Å²) in [5, 5.41) is 3.55. The average Bonchev–Trinajstić information content (AvgIpc) is 2.62. The summed E-state index contributed by atoms with van der Waals surface area (Å²) >= 11 is 5.57. The van der Waals surface area contributed by atoms with Crippen LogP contribution in [-0.2, 0) is 0 Å². The third-order valence-corrected chi connectivity index (χ3v) is 1.85. The van der Waals surface area contributed by atoms with Gasteiger partial charge < -0.3 is 4.52 Å². The number of hydrogen-bond acceptors (Lipinski definition) is 3. The van der Waals surface area contributed by atoms with Crippen LogP contribution in [0.1, 0.15) is 0 Å². The molecular weight excluding hydrogens is 195 g/mol. The maximum Gasteiger partial charge on any atom is 0.214 e. The van der Waals surface area contributed by atoms with Crippen molar-refractivity contribution in [3.8, 4) is 11.4 Å². The first-order chi connectivity index (χ1) is 6.29. The molecule has 5 heteroatoms. The Morgan fingerprint density at radius 3 is 2.92 bits per heavy atom. The molecule has 0 radical (unpaired) electrons. The molecule has 0 N–H and O–H groups in total. The van der Waals surface area contributed by atoms with Gasteiger partial charge in [0.1, 0.15) is 0 Å². The molecule has 0 atom stereocenters. The van der Waals surface area contributed by atoms with E-state index in [0.717, 1.165) is 6.39 Å². The maximum absolute atomic E-state index is 13.3. The molecule has 0 unspecified atom stereocenters. The van der Waals surface area contributed by atoms with Crippen molar-refractivity contribution in [2.75, 3.05) is 0 Å². The maximum atomic E-state index is 13.3. The third kappa shape index (κ3) is 1.40. The van der Waals surface area contributed by atoms with Gasteiger partial charge in [-0.05, 0) is 12.1 Å². The van der Waals surface area contributed by atoms with Gasteiger partial charge in [-0.15, -0.1) is 0 Å². The van der Waals surface area contributed by atoms with Crippen molar-refractivity contribution in [3.05, 3.63) is 35.4 Å². The standard InChI is InChI=1S/C8H4ClFN2O/c9-6-3-1-2-5(7(6)10)8-11-4-13-12-8/h1-4H. The van der Waals surface area contributed by atoms with E-state index >= 15 is 0 Å². The van der Waals surface area contributed by atoms with Crippen LogP contribution in [0.15, 0.2) is 29.1 Å². The van der Waals surface area contributed by atoms with Gasteiger partial charge in [0.05, 0.1) is 10.6 Å². The minimum absolute atomic E-state index is 0.0438. The molecule has 3 nitrogen and oxygen atoms in total. The summed E-state index contributed by atoms with van der Waals surface area (Å²) in [6.45, 7) is 0. The first-order valence-corrected chi connectivity index (χ1v) is 3.87. The summed E-state index contributed by atoms with van der Waals surface area (Å²) in [5.41, 5.74) is 0.237. The van der Waals surface area contributed by atoms with Crippen LogP contribution in [0, 0.1) is 5.82 Å². The van der Waals surface area contributed by atoms with Gasteiger partial charge in [0.15, 0.2) is 5.82 Å². The van der Waals surface area contributed by atoms with Crippen molar-refractivity contribution >= 4 is 11.6 Å². The molecule has 0 fully saturated rings. The molecule has 2 aromatic rings. The SMILES string of the molecule is Fc1c(Cl)cccc1-c1ncon1. The second kappa shape index (κ2) is 3.14. The molecule has 2 rings (SSSR count). The molecule has 0 saturated carbocycles. The number of benzene rings is 1. The lowest BCUT2D eigenvalue weighted by molar-refractivity contribution is 0.418. The molecule has 66 valence electrons. The Hall–Kier alpha value is -1.42. The third-order valence-electron chi connectivity index (χ3n) is 1.55. The van der Waals surface area contributed by atoms with Crippen LogP contribution in [0.4, 0.5) is 4.39 Å². The minimum Gasteiger partial charge on any atom is -0.342 e. The van der Waals surface area contributed by atoms with Crippen molar-refractivity contribution in [1.29, 1.82) is 0 Å². The number of rotatable bonds is 1. The smallest absolute Gasteiger partial charge is 0.214 e. The number of hydrogen-bond donors (Lipinski definition) is 0. The molecule has 1 aromatic heterocycles. The zero-order valence-corrected chi connectivity index (χ0v) is 7.12. The second-order valence-corrected chi connectivity index (χ2v) is 2.76. The molecule has 0 spiro atoms. The zero-order chi connectivity index (χ0) is 9.26. The molecule has 0 aliphatic heterocycles. The van der Waals surface area contributed by atoms with E-state index < -0.39 is 5.82 Å². The van der Waals surface area contributed by atoms with Crippen LogP contribution in [-0.4, -0.2) is 10.1 Å². The molecule has 0 amide bonds. The quantitative estimate of drug-likeness (QED) is 0.707. The lowest BCUT2D eigenvalue weighted by Crippen LogP contribution is -1.86. The summed E-state index contributed by atoms with van der Waals surface area (Å²) in [4.78, 5) is 3.71. The van der Waals surface area contributed by atoms with Gasteiger partial charge in [0.2, 0.25) is 12.2 Å². The molecule has 0 bridgehead atoms. The Balaban J connectivity index is 2.59. The molecule has 0 aliphatic rings. The van der Waals surface area contributed by atoms with Crippen LogP contribution in [0.3, 0.4) is 0 Å². The largest absolute Gasteiger partial charge is 0.342 e. The van der Waals surface area contributed by atoms with Crippen molar-refractivity contribution < 1.29 is 8.91 Å². The van der Waals surface area contributed by atoms with E-state index in [1.165, 1.54) is 12.1 Å². The first-order valence-electron chi connectivity index (χ1n) is 3.50.